The van der Waals surface area contributed by atoms with Crippen LogP contribution in [0.1, 0.15) is 50.8 Å². The van der Waals surface area contributed by atoms with Crippen LogP contribution in [0.15, 0.2) is 12.3 Å². The van der Waals surface area contributed by atoms with Gasteiger partial charge in [0.25, 0.3) is 0 Å². The fourth-order valence-corrected chi connectivity index (χ4v) is 4.03. The number of hydrogen-bond acceptors (Lipinski definition) is 5. The third kappa shape index (κ3) is 4.13. The second-order valence-electron chi connectivity index (χ2n) is 6.81. The Morgan fingerprint density at radius 1 is 1.24 bits per heavy atom. The number of aromatic nitrogens is 2. The SMILES string of the molecule is CCOC(=O)N1CCCC(N2CCC(n3nccc3C#N)CC2)CC1. The quantitative estimate of drug-likeness (QED) is 0.841. The summed E-state index contributed by atoms with van der Waals surface area (Å²) < 4.78 is 7.01. The van der Waals surface area contributed by atoms with Crippen LogP contribution in [0.25, 0.3) is 0 Å². The third-order valence-electron chi connectivity index (χ3n) is 5.37. The highest BCUT2D eigenvalue weighted by atomic mass is 16.6. The molecule has 2 fully saturated rings. The van der Waals surface area contributed by atoms with Crippen LogP contribution < -0.4 is 0 Å². The van der Waals surface area contributed by atoms with Gasteiger partial charge in [0.15, 0.2) is 0 Å². The van der Waals surface area contributed by atoms with Crippen molar-refractivity contribution in [2.75, 3.05) is 32.8 Å². The van der Waals surface area contributed by atoms with Crippen molar-refractivity contribution in [1.29, 1.82) is 5.26 Å². The Morgan fingerprint density at radius 2 is 2.00 bits per heavy atom. The van der Waals surface area contributed by atoms with E-state index in [2.05, 4.69) is 16.1 Å². The van der Waals surface area contributed by atoms with Crippen LogP contribution in [-0.4, -0.2) is 64.5 Å². The molecule has 7 heteroatoms. The molecule has 0 bridgehead atoms. The number of hydrogen-bond donors (Lipinski definition) is 0. The minimum atomic E-state index is -0.176. The van der Waals surface area contributed by atoms with Crippen molar-refractivity contribution >= 4 is 6.09 Å². The fourth-order valence-electron chi connectivity index (χ4n) is 4.03. The Morgan fingerprint density at radius 3 is 2.72 bits per heavy atom. The van der Waals surface area contributed by atoms with Crippen LogP contribution >= 0.6 is 0 Å². The first-order chi connectivity index (χ1) is 12.2. The van der Waals surface area contributed by atoms with E-state index in [1.165, 1.54) is 0 Å². The first-order valence-corrected chi connectivity index (χ1v) is 9.32. The molecule has 2 aliphatic rings. The van der Waals surface area contributed by atoms with Gasteiger partial charge in [-0.15, -0.1) is 0 Å². The molecule has 1 amide bonds. The lowest BCUT2D eigenvalue weighted by atomic mass is 10.00. The number of carbonyl (C=O) groups is 1. The van der Waals surface area contributed by atoms with E-state index < -0.39 is 0 Å². The first-order valence-electron chi connectivity index (χ1n) is 9.32. The van der Waals surface area contributed by atoms with Gasteiger partial charge in [0.2, 0.25) is 0 Å². The molecular weight excluding hydrogens is 318 g/mol. The van der Waals surface area contributed by atoms with E-state index in [4.69, 9.17) is 10.00 Å². The summed E-state index contributed by atoms with van der Waals surface area (Å²) in [6.07, 6.45) is 6.75. The highest BCUT2D eigenvalue weighted by Crippen LogP contribution is 2.27. The predicted molar refractivity (Wildman–Crippen MR) is 93.0 cm³/mol. The van der Waals surface area contributed by atoms with E-state index in [1.807, 2.05) is 16.5 Å². The van der Waals surface area contributed by atoms with E-state index in [9.17, 15) is 4.79 Å². The Balaban J connectivity index is 1.51. The van der Waals surface area contributed by atoms with E-state index in [0.717, 1.165) is 58.3 Å². The Bertz CT molecular complexity index is 615. The van der Waals surface area contributed by atoms with Gasteiger partial charge in [0.05, 0.1) is 18.8 Å². The number of carbonyl (C=O) groups excluding carboxylic acids is 1. The maximum atomic E-state index is 11.9. The van der Waals surface area contributed by atoms with Crippen LogP contribution in [0.3, 0.4) is 0 Å². The van der Waals surface area contributed by atoms with Crippen molar-refractivity contribution in [2.45, 2.75) is 51.1 Å². The minimum Gasteiger partial charge on any atom is -0.450 e. The third-order valence-corrected chi connectivity index (χ3v) is 5.37. The van der Waals surface area contributed by atoms with Crippen LogP contribution in [0.2, 0.25) is 0 Å². The number of rotatable bonds is 3. The second-order valence-corrected chi connectivity index (χ2v) is 6.81. The lowest BCUT2D eigenvalue weighted by Crippen LogP contribution is -2.42. The summed E-state index contributed by atoms with van der Waals surface area (Å²) in [5.41, 5.74) is 0.651. The first kappa shape index (κ1) is 17.7. The van der Waals surface area contributed by atoms with Crippen LogP contribution in [0.4, 0.5) is 4.79 Å². The van der Waals surface area contributed by atoms with E-state index >= 15 is 0 Å². The van der Waals surface area contributed by atoms with Crippen molar-refractivity contribution in [3.63, 3.8) is 0 Å². The number of piperidine rings is 1. The highest BCUT2D eigenvalue weighted by Gasteiger charge is 2.29. The van der Waals surface area contributed by atoms with Crippen molar-refractivity contribution in [1.82, 2.24) is 19.6 Å². The summed E-state index contributed by atoms with van der Waals surface area (Å²) >= 11 is 0. The molecule has 1 atom stereocenters. The van der Waals surface area contributed by atoms with Gasteiger partial charge in [-0.2, -0.15) is 10.4 Å². The maximum Gasteiger partial charge on any atom is 0.409 e. The largest absolute Gasteiger partial charge is 0.450 e. The molecule has 2 aliphatic heterocycles. The average Bonchev–Trinajstić information content (AvgIpc) is 2.98. The number of nitriles is 1. The summed E-state index contributed by atoms with van der Waals surface area (Å²) in [5.74, 6) is 0. The molecule has 25 heavy (non-hydrogen) atoms. The van der Waals surface area contributed by atoms with Gasteiger partial charge in [-0.25, -0.2) is 4.79 Å². The fraction of sp³-hybridized carbons (Fsp3) is 0.722. The average molecular weight is 345 g/mol. The summed E-state index contributed by atoms with van der Waals surface area (Å²) in [6, 6.07) is 4.86. The molecule has 2 saturated heterocycles. The zero-order valence-electron chi connectivity index (χ0n) is 14.9. The van der Waals surface area contributed by atoms with Gasteiger partial charge in [-0.3, -0.25) is 4.68 Å². The molecule has 0 radical (unpaired) electrons. The number of ether oxygens (including phenoxy) is 1. The van der Waals surface area contributed by atoms with Gasteiger partial charge in [-0.05, 0) is 45.1 Å². The highest BCUT2D eigenvalue weighted by molar-refractivity contribution is 5.67. The smallest absolute Gasteiger partial charge is 0.409 e. The molecule has 0 aromatic carbocycles. The summed E-state index contributed by atoms with van der Waals surface area (Å²) in [7, 11) is 0. The second kappa shape index (κ2) is 8.34. The number of nitrogens with zero attached hydrogens (tertiary/aromatic N) is 5. The van der Waals surface area contributed by atoms with Crippen molar-refractivity contribution < 1.29 is 9.53 Å². The maximum absolute atomic E-state index is 11.9. The van der Waals surface area contributed by atoms with Crippen molar-refractivity contribution in [3.05, 3.63) is 18.0 Å². The van der Waals surface area contributed by atoms with E-state index in [0.29, 0.717) is 24.4 Å². The number of likely N-dealkylation sites (tertiary alicyclic amines) is 2. The summed E-state index contributed by atoms with van der Waals surface area (Å²) in [4.78, 5) is 16.3. The summed E-state index contributed by atoms with van der Waals surface area (Å²) in [6.45, 7) is 5.91. The van der Waals surface area contributed by atoms with Gasteiger partial charge < -0.3 is 14.5 Å². The lowest BCUT2D eigenvalue weighted by molar-refractivity contribution is 0.103. The van der Waals surface area contributed by atoms with Crippen LogP contribution in [-0.2, 0) is 4.74 Å². The minimum absolute atomic E-state index is 0.176. The summed E-state index contributed by atoms with van der Waals surface area (Å²) in [5, 5.41) is 13.5. The zero-order chi connectivity index (χ0) is 17.6. The molecule has 1 aromatic heterocycles. The Kier molecular flexibility index (Phi) is 5.92. The molecule has 1 unspecified atom stereocenters. The van der Waals surface area contributed by atoms with Gasteiger partial charge in [0.1, 0.15) is 11.8 Å². The monoisotopic (exact) mass is 345 g/mol. The van der Waals surface area contributed by atoms with Crippen LogP contribution in [0, 0.1) is 11.3 Å². The van der Waals surface area contributed by atoms with Crippen LogP contribution in [0.5, 0.6) is 0 Å². The Labute approximate surface area is 149 Å². The van der Waals surface area contributed by atoms with Gasteiger partial charge in [-0.1, -0.05) is 0 Å². The predicted octanol–water partition coefficient (Wildman–Crippen LogP) is 2.40. The molecule has 136 valence electrons. The van der Waals surface area contributed by atoms with Crippen molar-refractivity contribution in [3.8, 4) is 6.07 Å². The molecule has 3 heterocycles. The van der Waals surface area contributed by atoms with E-state index in [1.54, 1.807) is 12.3 Å². The molecule has 0 aliphatic carbocycles. The Hall–Kier alpha value is -2.07. The molecule has 0 spiro atoms. The topological polar surface area (TPSA) is 74.4 Å². The van der Waals surface area contributed by atoms with Crippen molar-refractivity contribution in [2.24, 2.45) is 0 Å². The van der Waals surface area contributed by atoms with Gasteiger partial charge >= 0.3 is 6.09 Å². The molecular formula is C18H27N5O2. The molecule has 0 saturated carbocycles. The standard InChI is InChI=1S/C18H27N5O2/c1-2-25-18(24)22-10-3-4-15(6-13-22)21-11-7-16(8-12-21)23-17(14-19)5-9-20-23/h5,9,15-16H,2-4,6-8,10-13H2,1H3. The molecule has 3 rings (SSSR count). The van der Waals surface area contributed by atoms with Gasteiger partial charge in [0, 0.05) is 32.2 Å². The zero-order valence-corrected chi connectivity index (χ0v) is 14.9. The molecule has 1 aromatic rings. The normalized spacial score (nSPS) is 23.0. The molecule has 0 N–H and O–H groups in total. The number of amides is 1. The lowest BCUT2D eigenvalue weighted by Gasteiger charge is -2.37. The molecule has 7 nitrogen and oxygen atoms in total. The van der Waals surface area contributed by atoms with E-state index in [-0.39, 0.29) is 6.09 Å².